The van der Waals surface area contributed by atoms with Crippen molar-refractivity contribution < 1.29 is 5.11 Å². The Hall–Kier alpha value is 0.0600. The minimum absolute atomic E-state index is 0.177. The number of likely N-dealkylation sites (tertiary alicyclic amines) is 1. The second-order valence-corrected chi connectivity index (χ2v) is 7.82. The molecule has 2 atom stereocenters. The summed E-state index contributed by atoms with van der Waals surface area (Å²) >= 11 is 5.33. The summed E-state index contributed by atoms with van der Waals surface area (Å²) in [4.78, 5) is 3.85. The molecule has 1 aromatic heterocycles. The summed E-state index contributed by atoms with van der Waals surface area (Å²) in [5.41, 5.74) is 6.36. The van der Waals surface area contributed by atoms with E-state index in [1.54, 1.807) is 11.3 Å². The molecule has 2 heterocycles. The van der Waals surface area contributed by atoms with Gasteiger partial charge in [0.1, 0.15) is 0 Å². The van der Waals surface area contributed by atoms with E-state index < -0.39 is 0 Å². The molecule has 0 amide bonds. The molecule has 0 aliphatic carbocycles. The highest BCUT2D eigenvalue weighted by molar-refractivity contribution is 9.11. The highest BCUT2D eigenvalue weighted by atomic mass is 79.9. The Labute approximate surface area is 127 Å². The summed E-state index contributed by atoms with van der Waals surface area (Å²) in [5, 5.41) is 9.24. The summed E-state index contributed by atoms with van der Waals surface area (Å²) in [6.45, 7) is 4.56. The molecule has 3 nitrogen and oxygen atoms in total. The van der Waals surface area contributed by atoms with Crippen LogP contribution in [0.4, 0.5) is 0 Å². The van der Waals surface area contributed by atoms with Gasteiger partial charge in [-0.2, -0.15) is 0 Å². The average Bonchev–Trinajstić information content (AvgIpc) is 2.86. The number of aliphatic hydroxyl groups is 1. The molecule has 3 N–H and O–H groups in total. The summed E-state index contributed by atoms with van der Waals surface area (Å²) in [6.07, 6.45) is 3.14. The lowest BCUT2D eigenvalue weighted by Gasteiger charge is -2.39. The van der Waals surface area contributed by atoms with Crippen molar-refractivity contribution >= 4 is 27.3 Å². The number of rotatable bonds is 5. The Balaban J connectivity index is 2.10. The van der Waals surface area contributed by atoms with Gasteiger partial charge in [0.05, 0.1) is 9.83 Å². The third-order valence-corrected chi connectivity index (χ3v) is 5.76. The largest absolute Gasteiger partial charge is 0.396 e. The highest BCUT2D eigenvalue weighted by Gasteiger charge is 2.30. The molecule has 0 bridgehead atoms. The van der Waals surface area contributed by atoms with E-state index in [1.807, 2.05) is 0 Å². The summed E-state index contributed by atoms with van der Waals surface area (Å²) < 4.78 is 1.17. The molecule has 0 radical (unpaired) electrons. The molecular weight excluding hydrogens is 324 g/mol. The second-order valence-electron chi connectivity index (χ2n) is 5.32. The monoisotopic (exact) mass is 346 g/mol. The van der Waals surface area contributed by atoms with Crippen molar-refractivity contribution in [1.82, 2.24) is 4.90 Å². The predicted octanol–water partition coefficient (Wildman–Crippen LogP) is 2.99. The number of nitrogens with zero attached hydrogens (tertiary/aromatic N) is 1. The van der Waals surface area contributed by atoms with Crippen LogP contribution in [0, 0.1) is 5.92 Å². The fourth-order valence-corrected chi connectivity index (χ4v) is 4.42. The molecule has 1 fully saturated rings. The fraction of sp³-hybridized carbons (Fsp3) is 0.714. The van der Waals surface area contributed by atoms with E-state index >= 15 is 0 Å². The number of thiophene rings is 1. The summed E-state index contributed by atoms with van der Waals surface area (Å²) in [5.74, 6) is 0.477. The fourth-order valence-electron chi connectivity index (χ4n) is 2.79. The molecule has 2 unspecified atom stereocenters. The van der Waals surface area contributed by atoms with E-state index in [4.69, 9.17) is 5.73 Å². The molecular formula is C14H23BrN2OS. The van der Waals surface area contributed by atoms with Gasteiger partial charge >= 0.3 is 0 Å². The van der Waals surface area contributed by atoms with Crippen LogP contribution < -0.4 is 5.73 Å². The molecule has 1 aliphatic rings. The van der Waals surface area contributed by atoms with Crippen LogP contribution >= 0.6 is 27.3 Å². The van der Waals surface area contributed by atoms with Gasteiger partial charge in [0.15, 0.2) is 0 Å². The number of halogens is 1. The maximum atomic E-state index is 9.24. The van der Waals surface area contributed by atoms with Crippen LogP contribution in [-0.4, -0.2) is 35.7 Å². The van der Waals surface area contributed by atoms with Crippen LogP contribution in [0.2, 0.25) is 0 Å². The van der Waals surface area contributed by atoms with Gasteiger partial charge < -0.3 is 10.8 Å². The molecule has 1 aromatic rings. The van der Waals surface area contributed by atoms with E-state index in [1.165, 1.54) is 8.66 Å². The lowest BCUT2D eigenvalue weighted by Crippen LogP contribution is -2.44. The van der Waals surface area contributed by atoms with Crippen LogP contribution in [0.15, 0.2) is 15.9 Å². The first kappa shape index (κ1) is 15.4. The lowest BCUT2D eigenvalue weighted by molar-refractivity contribution is 0.0898. The van der Waals surface area contributed by atoms with Gasteiger partial charge in [-0.05, 0) is 66.3 Å². The maximum absolute atomic E-state index is 9.24. The van der Waals surface area contributed by atoms with Crippen LogP contribution in [-0.2, 0) is 0 Å². The zero-order valence-corrected chi connectivity index (χ0v) is 13.8. The third kappa shape index (κ3) is 3.79. The number of piperidine rings is 1. The predicted molar refractivity (Wildman–Crippen MR) is 84.4 cm³/mol. The molecule has 19 heavy (non-hydrogen) atoms. The van der Waals surface area contributed by atoms with Crippen molar-refractivity contribution in [2.24, 2.45) is 11.7 Å². The number of nitrogens with two attached hydrogens (primary N) is 1. The van der Waals surface area contributed by atoms with Gasteiger partial charge in [-0.25, -0.2) is 0 Å². The van der Waals surface area contributed by atoms with E-state index in [0.29, 0.717) is 18.6 Å². The van der Waals surface area contributed by atoms with Crippen LogP contribution in [0.5, 0.6) is 0 Å². The molecule has 0 aromatic carbocycles. The van der Waals surface area contributed by atoms with E-state index in [-0.39, 0.29) is 6.04 Å². The molecule has 5 heteroatoms. The van der Waals surface area contributed by atoms with E-state index in [9.17, 15) is 5.11 Å². The van der Waals surface area contributed by atoms with Gasteiger partial charge in [-0.1, -0.05) is 6.92 Å². The molecule has 1 aliphatic heterocycles. The van der Waals surface area contributed by atoms with Gasteiger partial charge in [0.25, 0.3) is 0 Å². The molecule has 0 saturated carbocycles. The van der Waals surface area contributed by atoms with Crippen molar-refractivity contribution in [3.05, 3.63) is 20.8 Å². The second kappa shape index (κ2) is 7.18. The summed E-state index contributed by atoms with van der Waals surface area (Å²) in [7, 11) is 0. The third-order valence-electron chi connectivity index (χ3n) is 4.06. The molecule has 2 rings (SSSR count). The first-order valence-corrected chi connectivity index (χ1v) is 8.62. The lowest BCUT2D eigenvalue weighted by atomic mass is 9.94. The van der Waals surface area contributed by atoms with Crippen molar-refractivity contribution in [2.75, 3.05) is 19.7 Å². The number of hydrogen-bond acceptors (Lipinski definition) is 4. The average molecular weight is 347 g/mol. The molecule has 0 spiro atoms. The zero-order valence-electron chi connectivity index (χ0n) is 11.4. The van der Waals surface area contributed by atoms with Crippen molar-refractivity contribution in [3.63, 3.8) is 0 Å². The maximum Gasteiger partial charge on any atom is 0.0702 e. The SMILES string of the molecule is CCC(N)C(c1ccc(Br)s1)N1CCC(CO)CC1. The number of hydrogen-bond donors (Lipinski definition) is 2. The van der Waals surface area contributed by atoms with Gasteiger partial charge in [-0.3, -0.25) is 4.90 Å². The van der Waals surface area contributed by atoms with Gasteiger partial charge in [0, 0.05) is 17.5 Å². The summed E-state index contributed by atoms with van der Waals surface area (Å²) in [6, 6.07) is 4.79. The Morgan fingerprint density at radius 3 is 2.63 bits per heavy atom. The first-order chi connectivity index (χ1) is 9.15. The van der Waals surface area contributed by atoms with Crippen molar-refractivity contribution in [1.29, 1.82) is 0 Å². The van der Waals surface area contributed by atoms with Crippen molar-refractivity contribution in [3.8, 4) is 0 Å². The van der Waals surface area contributed by atoms with Gasteiger partial charge in [-0.15, -0.1) is 11.3 Å². The highest BCUT2D eigenvalue weighted by Crippen LogP contribution is 2.35. The number of aliphatic hydroxyl groups excluding tert-OH is 1. The van der Waals surface area contributed by atoms with Gasteiger partial charge in [0.2, 0.25) is 0 Å². The minimum atomic E-state index is 0.177. The Morgan fingerprint density at radius 1 is 1.47 bits per heavy atom. The standard InChI is InChI=1S/C14H23BrN2OS/c1-2-11(16)14(12-3-4-13(15)19-12)17-7-5-10(9-18)6-8-17/h3-4,10-11,14,18H,2,5-9,16H2,1H3. The molecule has 108 valence electrons. The van der Waals surface area contributed by atoms with Crippen molar-refractivity contribution in [2.45, 2.75) is 38.3 Å². The smallest absolute Gasteiger partial charge is 0.0702 e. The minimum Gasteiger partial charge on any atom is -0.396 e. The Morgan fingerprint density at radius 2 is 2.16 bits per heavy atom. The van der Waals surface area contributed by atoms with E-state index in [0.717, 1.165) is 32.4 Å². The quantitative estimate of drug-likeness (QED) is 0.861. The normalized spacial score (nSPS) is 21.5. The Bertz CT molecular complexity index is 391. The Kier molecular flexibility index (Phi) is 5.84. The van der Waals surface area contributed by atoms with Crippen LogP contribution in [0.1, 0.15) is 37.1 Å². The first-order valence-electron chi connectivity index (χ1n) is 7.01. The topological polar surface area (TPSA) is 49.5 Å². The molecule has 1 saturated heterocycles. The van der Waals surface area contributed by atoms with Crippen LogP contribution in [0.3, 0.4) is 0 Å². The zero-order chi connectivity index (χ0) is 13.8. The van der Waals surface area contributed by atoms with E-state index in [2.05, 4.69) is 39.9 Å². The van der Waals surface area contributed by atoms with Crippen LogP contribution in [0.25, 0.3) is 0 Å².